The van der Waals surface area contributed by atoms with E-state index in [0.29, 0.717) is 22.2 Å². The van der Waals surface area contributed by atoms with Crippen molar-refractivity contribution in [2.24, 2.45) is 0 Å². The number of phenolic OH excluding ortho intramolecular Hbond substituents is 1. The fraction of sp³-hybridized carbons (Fsp3) is 0.350. The summed E-state index contributed by atoms with van der Waals surface area (Å²) in [5.41, 5.74) is 2.29. The summed E-state index contributed by atoms with van der Waals surface area (Å²) in [7, 11) is 0. The molecule has 2 aromatic carbocycles. The molecule has 0 spiro atoms. The number of carbonyl (C=O) groups excluding carboxylic acids is 1. The number of carbonyl (C=O) groups is 1. The van der Waals surface area contributed by atoms with Gasteiger partial charge in [-0.15, -0.1) is 0 Å². The average molecular weight is 393 g/mol. The van der Waals surface area contributed by atoms with Crippen molar-refractivity contribution >= 4 is 29.1 Å². The number of halogens is 2. The highest BCUT2D eigenvalue weighted by Gasteiger charge is 2.23. The minimum absolute atomic E-state index is 0.0592. The molecular weight excluding hydrogens is 371 g/mol. The second-order valence-corrected chi connectivity index (χ2v) is 7.55. The van der Waals surface area contributed by atoms with E-state index in [-0.39, 0.29) is 17.7 Å². The van der Waals surface area contributed by atoms with Crippen LogP contribution in [0.4, 0.5) is 0 Å². The number of benzene rings is 2. The van der Waals surface area contributed by atoms with Crippen LogP contribution in [0, 0.1) is 6.92 Å². The SMILES string of the molecule is Cc1cccc(C(=O)N[C@H]2CCCN(Cc3cc(O)ccc3Cl)C2)c1Cl. The van der Waals surface area contributed by atoms with Crippen molar-refractivity contribution in [1.29, 1.82) is 0 Å². The number of hydrogen-bond acceptors (Lipinski definition) is 3. The van der Waals surface area contributed by atoms with E-state index in [1.807, 2.05) is 19.1 Å². The lowest BCUT2D eigenvalue weighted by Gasteiger charge is -2.33. The Bertz CT molecular complexity index is 810. The molecule has 1 saturated heterocycles. The lowest BCUT2D eigenvalue weighted by Crippen LogP contribution is -2.47. The maximum atomic E-state index is 12.6. The van der Waals surface area contributed by atoms with Crippen molar-refractivity contribution in [2.75, 3.05) is 13.1 Å². The summed E-state index contributed by atoms with van der Waals surface area (Å²) in [6.45, 7) is 4.20. The molecule has 0 aromatic heterocycles. The highest BCUT2D eigenvalue weighted by Crippen LogP contribution is 2.24. The number of hydrogen-bond donors (Lipinski definition) is 2. The molecule has 1 heterocycles. The number of likely N-dealkylation sites (tertiary alicyclic amines) is 1. The van der Waals surface area contributed by atoms with E-state index in [2.05, 4.69) is 10.2 Å². The van der Waals surface area contributed by atoms with Crippen molar-refractivity contribution in [3.05, 3.63) is 63.1 Å². The fourth-order valence-electron chi connectivity index (χ4n) is 3.33. The molecule has 0 saturated carbocycles. The van der Waals surface area contributed by atoms with E-state index in [9.17, 15) is 9.90 Å². The summed E-state index contributed by atoms with van der Waals surface area (Å²) in [5, 5.41) is 13.9. The number of aromatic hydroxyl groups is 1. The standard InChI is InChI=1S/C20H22Cl2N2O2/c1-13-4-2-6-17(19(13)22)20(26)23-15-5-3-9-24(12-15)11-14-10-16(25)7-8-18(14)21/h2,4,6-8,10,15,25H,3,5,9,11-12H2,1H3,(H,23,26)/t15-/m0/s1. The van der Waals surface area contributed by atoms with Crippen LogP contribution < -0.4 is 5.32 Å². The Morgan fingerprint density at radius 3 is 2.92 bits per heavy atom. The van der Waals surface area contributed by atoms with Crippen molar-refractivity contribution in [3.63, 3.8) is 0 Å². The lowest BCUT2D eigenvalue weighted by atomic mass is 10.0. The van der Waals surface area contributed by atoms with Crippen LogP contribution in [0.3, 0.4) is 0 Å². The van der Waals surface area contributed by atoms with E-state index >= 15 is 0 Å². The number of nitrogens with one attached hydrogen (secondary N) is 1. The summed E-state index contributed by atoms with van der Waals surface area (Å²) in [5.74, 6) is 0.0706. The largest absolute Gasteiger partial charge is 0.508 e. The smallest absolute Gasteiger partial charge is 0.253 e. The Labute approximate surface area is 163 Å². The molecule has 0 unspecified atom stereocenters. The van der Waals surface area contributed by atoms with Crippen molar-refractivity contribution in [3.8, 4) is 5.75 Å². The third-order valence-corrected chi connectivity index (χ3v) is 5.57. The molecule has 0 aliphatic carbocycles. The molecule has 1 fully saturated rings. The van der Waals surface area contributed by atoms with Crippen LogP contribution in [-0.2, 0) is 6.54 Å². The van der Waals surface area contributed by atoms with Gasteiger partial charge in [-0.2, -0.15) is 0 Å². The zero-order valence-corrected chi connectivity index (χ0v) is 16.1. The minimum Gasteiger partial charge on any atom is -0.508 e. The topological polar surface area (TPSA) is 52.6 Å². The number of rotatable bonds is 4. The number of piperidine rings is 1. The average Bonchev–Trinajstić information content (AvgIpc) is 2.61. The van der Waals surface area contributed by atoms with Gasteiger partial charge in [0.15, 0.2) is 0 Å². The van der Waals surface area contributed by atoms with Gasteiger partial charge >= 0.3 is 0 Å². The molecule has 6 heteroatoms. The molecular formula is C20H22Cl2N2O2. The zero-order chi connectivity index (χ0) is 18.7. The molecule has 2 aromatic rings. The van der Waals surface area contributed by atoms with Crippen LogP contribution in [0.25, 0.3) is 0 Å². The summed E-state index contributed by atoms with van der Waals surface area (Å²) in [6, 6.07) is 10.5. The molecule has 3 rings (SSSR count). The van der Waals surface area contributed by atoms with Gasteiger partial charge in [-0.1, -0.05) is 35.3 Å². The van der Waals surface area contributed by atoms with Crippen LogP contribution in [0.2, 0.25) is 10.0 Å². The number of phenols is 1. The van der Waals surface area contributed by atoms with E-state index in [4.69, 9.17) is 23.2 Å². The van der Waals surface area contributed by atoms with E-state index < -0.39 is 0 Å². The second kappa shape index (κ2) is 8.30. The normalized spacial score (nSPS) is 17.9. The summed E-state index contributed by atoms with van der Waals surface area (Å²) in [4.78, 5) is 14.8. The zero-order valence-electron chi connectivity index (χ0n) is 14.6. The highest BCUT2D eigenvalue weighted by atomic mass is 35.5. The maximum Gasteiger partial charge on any atom is 0.253 e. The first-order valence-electron chi connectivity index (χ1n) is 8.70. The van der Waals surface area contributed by atoms with Gasteiger partial charge < -0.3 is 10.4 Å². The van der Waals surface area contributed by atoms with E-state index in [0.717, 1.165) is 37.1 Å². The van der Waals surface area contributed by atoms with Gasteiger partial charge in [0.1, 0.15) is 5.75 Å². The molecule has 0 bridgehead atoms. The van der Waals surface area contributed by atoms with Gasteiger partial charge in [-0.25, -0.2) is 0 Å². The Kier molecular flexibility index (Phi) is 6.07. The molecule has 1 atom stereocenters. The number of nitrogens with zero attached hydrogens (tertiary/aromatic N) is 1. The van der Waals surface area contributed by atoms with Crippen LogP contribution in [0.5, 0.6) is 5.75 Å². The highest BCUT2D eigenvalue weighted by molar-refractivity contribution is 6.34. The van der Waals surface area contributed by atoms with Crippen LogP contribution in [0.15, 0.2) is 36.4 Å². The quantitative estimate of drug-likeness (QED) is 0.810. The van der Waals surface area contributed by atoms with Gasteiger partial charge in [0, 0.05) is 24.2 Å². The van der Waals surface area contributed by atoms with Gasteiger partial charge in [0.25, 0.3) is 5.91 Å². The predicted molar refractivity (Wildman–Crippen MR) is 105 cm³/mol. The molecule has 1 amide bonds. The maximum absolute atomic E-state index is 12.6. The first-order valence-corrected chi connectivity index (χ1v) is 9.45. The summed E-state index contributed by atoms with van der Waals surface area (Å²) in [6.07, 6.45) is 1.92. The monoisotopic (exact) mass is 392 g/mol. The third-order valence-electron chi connectivity index (χ3n) is 4.70. The van der Waals surface area contributed by atoms with E-state index in [1.165, 1.54) is 0 Å². The number of aryl methyl sites for hydroxylation is 1. The van der Waals surface area contributed by atoms with Crippen LogP contribution in [0.1, 0.15) is 34.3 Å². The Morgan fingerprint density at radius 1 is 1.31 bits per heavy atom. The first kappa shape index (κ1) is 19.0. The molecule has 2 N–H and O–H groups in total. The van der Waals surface area contributed by atoms with E-state index in [1.54, 1.807) is 24.3 Å². The van der Waals surface area contributed by atoms with Crippen molar-refractivity contribution < 1.29 is 9.90 Å². The van der Waals surface area contributed by atoms with Gasteiger partial charge in [0.2, 0.25) is 0 Å². The van der Waals surface area contributed by atoms with Crippen molar-refractivity contribution in [2.45, 2.75) is 32.4 Å². The van der Waals surface area contributed by atoms with Gasteiger partial charge in [0.05, 0.1) is 10.6 Å². The second-order valence-electron chi connectivity index (χ2n) is 6.76. The third kappa shape index (κ3) is 4.50. The van der Waals surface area contributed by atoms with Crippen LogP contribution >= 0.6 is 23.2 Å². The fourth-order valence-corrected chi connectivity index (χ4v) is 3.72. The van der Waals surface area contributed by atoms with Crippen molar-refractivity contribution in [1.82, 2.24) is 10.2 Å². The number of amides is 1. The van der Waals surface area contributed by atoms with Crippen LogP contribution in [-0.4, -0.2) is 35.0 Å². The molecule has 26 heavy (non-hydrogen) atoms. The predicted octanol–water partition coefficient (Wildman–Crippen LogP) is 4.40. The van der Waals surface area contributed by atoms with Gasteiger partial charge in [-0.05, 0) is 61.7 Å². The Balaban J connectivity index is 1.64. The Morgan fingerprint density at radius 2 is 2.12 bits per heavy atom. The molecule has 1 aliphatic heterocycles. The molecule has 4 nitrogen and oxygen atoms in total. The minimum atomic E-state index is -0.138. The molecule has 1 aliphatic rings. The van der Waals surface area contributed by atoms with Gasteiger partial charge in [-0.3, -0.25) is 9.69 Å². The molecule has 138 valence electrons. The summed E-state index contributed by atoms with van der Waals surface area (Å²) < 4.78 is 0. The summed E-state index contributed by atoms with van der Waals surface area (Å²) >= 11 is 12.5. The first-order chi connectivity index (χ1) is 12.4. The Hall–Kier alpha value is -1.75. The lowest BCUT2D eigenvalue weighted by molar-refractivity contribution is 0.0901. The molecule has 0 radical (unpaired) electrons.